The summed E-state index contributed by atoms with van der Waals surface area (Å²) >= 11 is 1.85. The van der Waals surface area contributed by atoms with Gasteiger partial charge in [0.2, 0.25) is 0 Å². The zero-order valence-electron chi connectivity index (χ0n) is 23.2. The first-order valence-electron chi connectivity index (χ1n) is 14.5. The van der Waals surface area contributed by atoms with Gasteiger partial charge in [-0.2, -0.15) is 0 Å². The molecule has 0 saturated heterocycles. The number of anilines is 3. The fraction of sp³-hybridized carbons (Fsp3) is 0. The average molecular weight is 568 g/mol. The molecule has 0 unspecified atom stereocenters. The van der Waals surface area contributed by atoms with Crippen molar-refractivity contribution in [3.05, 3.63) is 152 Å². The largest absolute Gasteiger partial charge is 0.456 e. The van der Waals surface area contributed by atoms with Crippen molar-refractivity contribution in [1.82, 2.24) is 0 Å². The molecule has 0 bridgehead atoms. The molecule has 202 valence electrons. The van der Waals surface area contributed by atoms with Crippen LogP contribution in [0, 0.1) is 0 Å². The smallest absolute Gasteiger partial charge is 0.137 e. The Balaban J connectivity index is 1.36. The molecule has 9 aromatic rings. The number of para-hydroxylation sites is 2. The van der Waals surface area contributed by atoms with Gasteiger partial charge < -0.3 is 9.32 Å². The molecule has 0 fully saturated rings. The molecule has 3 heteroatoms. The third-order valence-corrected chi connectivity index (χ3v) is 9.61. The summed E-state index contributed by atoms with van der Waals surface area (Å²) < 4.78 is 9.00. The summed E-state index contributed by atoms with van der Waals surface area (Å²) in [6.45, 7) is 0. The predicted octanol–water partition coefficient (Wildman–Crippen LogP) is 12.2. The van der Waals surface area contributed by atoms with E-state index in [0.717, 1.165) is 39.0 Å². The quantitative estimate of drug-likeness (QED) is 0.210. The highest BCUT2D eigenvalue weighted by molar-refractivity contribution is 7.25. The lowest BCUT2D eigenvalue weighted by Gasteiger charge is -2.29. The standard InChI is InChI=1S/C40H25NOS/c1-2-13-28-26(11-1)12-9-18-34(28)41(35-19-10-21-37-40(35)31-16-4-7-20-36(31)42-37)33-17-6-3-14-29(33)27-23-24-39-32(25-27)30-15-5-8-22-38(30)43-39/h1-25H. The maximum Gasteiger partial charge on any atom is 0.137 e. The molecule has 0 aliphatic carbocycles. The van der Waals surface area contributed by atoms with Crippen LogP contribution in [0.15, 0.2) is 156 Å². The van der Waals surface area contributed by atoms with Crippen molar-refractivity contribution in [2.24, 2.45) is 0 Å². The van der Waals surface area contributed by atoms with E-state index in [4.69, 9.17) is 4.42 Å². The van der Waals surface area contributed by atoms with E-state index in [1.54, 1.807) is 0 Å². The lowest BCUT2D eigenvalue weighted by Crippen LogP contribution is -2.12. The summed E-state index contributed by atoms with van der Waals surface area (Å²) in [5.74, 6) is 0. The van der Waals surface area contributed by atoms with E-state index >= 15 is 0 Å². The van der Waals surface area contributed by atoms with Gasteiger partial charge >= 0.3 is 0 Å². The Hall–Kier alpha value is -5.38. The van der Waals surface area contributed by atoms with E-state index in [9.17, 15) is 0 Å². The highest BCUT2D eigenvalue weighted by atomic mass is 32.1. The number of furan rings is 1. The summed E-state index contributed by atoms with van der Waals surface area (Å²) in [5, 5.41) is 7.23. The van der Waals surface area contributed by atoms with Gasteiger partial charge in [-0.3, -0.25) is 0 Å². The second-order valence-corrected chi connectivity index (χ2v) is 12.0. The molecular weight excluding hydrogens is 543 g/mol. The van der Waals surface area contributed by atoms with Crippen LogP contribution in [0.5, 0.6) is 0 Å². The van der Waals surface area contributed by atoms with Crippen LogP contribution in [0.2, 0.25) is 0 Å². The molecule has 2 nitrogen and oxygen atoms in total. The van der Waals surface area contributed by atoms with Gasteiger partial charge in [0.05, 0.1) is 22.4 Å². The van der Waals surface area contributed by atoms with Crippen molar-refractivity contribution in [2.45, 2.75) is 0 Å². The Kier molecular flexibility index (Phi) is 5.40. The van der Waals surface area contributed by atoms with Gasteiger partial charge in [0.1, 0.15) is 11.2 Å². The van der Waals surface area contributed by atoms with Crippen LogP contribution in [-0.4, -0.2) is 0 Å². The number of benzene rings is 7. The van der Waals surface area contributed by atoms with Crippen molar-refractivity contribution < 1.29 is 4.42 Å². The first-order valence-corrected chi connectivity index (χ1v) is 15.3. The summed E-state index contributed by atoms with van der Waals surface area (Å²) in [4.78, 5) is 2.43. The number of thiophene rings is 1. The van der Waals surface area contributed by atoms with Crippen molar-refractivity contribution in [2.75, 3.05) is 4.90 Å². The van der Waals surface area contributed by atoms with Crippen LogP contribution in [-0.2, 0) is 0 Å². The minimum absolute atomic E-state index is 0.882. The second-order valence-electron chi connectivity index (χ2n) is 10.9. The normalized spacial score (nSPS) is 11.7. The van der Waals surface area contributed by atoms with Crippen LogP contribution < -0.4 is 4.90 Å². The molecule has 0 amide bonds. The van der Waals surface area contributed by atoms with Crippen LogP contribution in [0.4, 0.5) is 17.1 Å². The molecular formula is C40H25NOS. The first-order chi connectivity index (χ1) is 21.3. The summed E-state index contributed by atoms with van der Waals surface area (Å²) in [6.07, 6.45) is 0. The maximum atomic E-state index is 6.37. The fourth-order valence-corrected chi connectivity index (χ4v) is 7.63. The molecule has 0 saturated carbocycles. The van der Waals surface area contributed by atoms with E-state index in [1.807, 2.05) is 17.4 Å². The van der Waals surface area contributed by atoms with Gasteiger partial charge in [-0.05, 0) is 59.5 Å². The Bertz CT molecular complexity index is 2480. The third-order valence-electron chi connectivity index (χ3n) is 8.46. The molecule has 0 aliphatic rings. The van der Waals surface area contributed by atoms with E-state index in [-0.39, 0.29) is 0 Å². The van der Waals surface area contributed by atoms with Crippen LogP contribution in [0.25, 0.3) is 64.0 Å². The number of hydrogen-bond donors (Lipinski definition) is 0. The SMILES string of the molecule is c1ccc(N(c2cccc3ccccc23)c2cccc3oc4ccccc4c23)c(-c2ccc3sc4ccccc4c3c2)c1. The van der Waals surface area contributed by atoms with Gasteiger partial charge in [-0.1, -0.05) is 103 Å². The van der Waals surface area contributed by atoms with Crippen LogP contribution in [0.3, 0.4) is 0 Å². The van der Waals surface area contributed by atoms with Gasteiger partial charge in [0.15, 0.2) is 0 Å². The summed E-state index contributed by atoms with van der Waals surface area (Å²) in [6, 6.07) is 54.3. The van der Waals surface area contributed by atoms with Crippen molar-refractivity contribution in [1.29, 1.82) is 0 Å². The molecule has 2 aromatic heterocycles. The molecule has 7 aromatic carbocycles. The molecule has 9 rings (SSSR count). The lowest BCUT2D eigenvalue weighted by atomic mass is 9.98. The molecule has 0 N–H and O–H groups in total. The van der Waals surface area contributed by atoms with Gasteiger partial charge in [0.25, 0.3) is 0 Å². The van der Waals surface area contributed by atoms with Crippen molar-refractivity contribution in [3.63, 3.8) is 0 Å². The van der Waals surface area contributed by atoms with Crippen molar-refractivity contribution >= 4 is 81.3 Å². The van der Waals surface area contributed by atoms with Gasteiger partial charge in [-0.15, -0.1) is 11.3 Å². The highest BCUT2D eigenvalue weighted by Gasteiger charge is 2.23. The summed E-state index contributed by atoms with van der Waals surface area (Å²) in [5.41, 5.74) is 7.49. The zero-order chi connectivity index (χ0) is 28.3. The van der Waals surface area contributed by atoms with E-state index < -0.39 is 0 Å². The third kappa shape index (κ3) is 3.79. The van der Waals surface area contributed by atoms with Crippen LogP contribution in [0.1, 0.15) is 0 Å². The Morgan fingerprint density at radius 2 is 1.09 bits per heavy atom. The molecule has 2 heterocycles. The Morgan fingerprint density at radius 1 is 0.442 bits per heavy atom. The zero-order valence-corrected chi connectivity index (χ0v) is 24.0. The summed E-state index contributed by atoms with van der Waals surface area (Å²) in [7, 11) is 0. The monoisotopic (exact) mass is 567 g/mol. The average Bonchev–Trinajstić information content (AvgIpc) is 3.64. The number of hydrogen-bond acceptors (Lipinski definition) is 3. The number of rotatable bonds is 4. The van der Waals surface area contributed by atoms with Crippen molar-refractivity contribution in [3.8, 4) is 11.1 Å². The molecule has 43 heavy (non-hydrogen) atoms. The minimum Gasteiger partial charge on any atom is -0.456 e. The van der Waals surface area contributed by atoms with Gasteiger partial charge in [0, 0.05) is 36.5 Å². The fourth-order valence-electron chi connectivity index (χ4n) is 6.54. The Labute approximate surface area is 252 Å². The van der Waals surface area contributed by atoms with E-state index in [2.05, 4.69) is 150 Å². The Morgan fingerprint density at radius 3 is 2.05 bits per heavy atom. The van der Waals surface area contributed by atoms with E-state index in [1.165, 1.54) is 42.1 Å². The molecule has 0 aliphatic heterocycles. The number of nitrogens with zero attached hydrogens (tertiary/aromatic N) is 1. The molecule has 0 radical (unpaired) electrons. The number of fused-ring (bicyclic) bond motifs is 7. The lowest BCUT2D eigenvalue weighted by molar-refractivity contribution is 0.669. The molecule has 0 spiro atoms. The predicted molar refractivity (Wildman–Crippen MR) is 184 cm³/mol. The highest BCUT2D eigenvalue weighted by Crippen LogP contribution is 2.48. The topological polar surface area (TPSA) is 16.4 Å². The molecule has 0 atom stereocenters. The maximum absolute atomic E-state index is 6.37. The van der Waals surface area contributed by atoms with E-state index in [0.29, 0.717) is 0 Å². The first kappa shape index (κ1) is 24.2. The van der Waals surface area contributed by atoms with Gasteiger partial charge in [-0.25, -0.2) is 0 Å². The second kappa shape index (κ2) is 9.59. The van der Waals surface area contributed by atoms with Crippen LogP contribution >= 0.6 is 11.3 Å². The minimum atomic E-state index is 0.882.